The van der Waals surface area contributed by atoms with Crippen LogP contribution in [0.2, 0.25) is 0 Å². The SMILES string of the molecule is CC(C)COc1ccc(C#N)c(OCc2ccccc2)c1. The van der Waals surface area contributed by atoms with Gasteiger partial charge in [0, 0.05) is 6.07 Å². The van der Waals surface area contributed by atoms with E-state index in [2.05, 4.69) is 19.9 Å². The van der Waals surface area contributed by atoms with Gasteiger partial charge in [-0.3, -0.25) is 0 Å². The summed E-state index contributed by atoms with van der Waals surface area (Å²) in [6, 6.07) is 17.3. The molecule has 0 aliphatic heterocycles. The fraction of sp³-hybridized carbons (Fsp3) is 0.278. The first-order chi connectivity index (χ1) is 10.2. The zero-order chi connectivity index (χ0) is 15.1. The van der Waals surface area contributed by atoms with Gasteiger partial charge in [-0.15, -0.1) is 0 Å². The lowest BCUT2D eigenvalue weighted by molar-refractivity contribution is 0.266. The monoisotopic (exact) mass is 281 g/mol. The normalized spacial score (nSPS) is 10.2. The molecule has 21 heavy (non-hydrogen) atoms. The Bertz CT molecular complexity index is 615. The maximum Gasteiger partial charge on any atom is 0.141 e. The summed E-state index contributed by atoms with van der Waals surface area (Å²) < 4.78 is 11.4. The van der Waals surface area contributed by atoms with Crippen LogP contribution in [-0.2, 0) is 6.61 Å². The van der Waals surface area contributed by atoms with Gasteiger partial charge in [0.2, 0.25) is 0 Å². The Morgan fingerprint density at radius 1 is 1.05 bits per heavy atom. The van der Waals surface area contributed by atoms with Gasteiger partial charge in [0.25, 0.3) is 0 Å². The van der Waals surface area contributed by atoms with Crippen molar-refractivity contribution in [3.63, 3.8) is 0 Å². The summed E-state index contributed by atoms with van der Waals surface area (Å²) in [7, 11) is 0. The fourth-order valence-electron chi connectivity index (χ4n) is 1.80. The molecule has 0 aliphatic carbocycles. The third kappa shape index (κ3) is 4.54. The molecule has 3 nitrogen and oxygen atoms in total. The first kappa shape index (κ1) is 14.9. The van der Waals surface area contributed by atoms with E-state index in [1.807, 2.05) is 30.3 Å². The molecule has 2 aromatic carbocycles. The van der Waals surface area contributed by atoms with Crippen molar-refractivity contribution in [2.45, 2.75) is 20.5 Å². The Balaban J connectivity index is 2.09. The molecule has 2 rings (SSSR count). The number of rotatable bonds is 6. The van der Waals surface area contributed by atoms with Crippen molar-refractivity contribution < 1.29 is 9.47 Å². The molecule has 0 amide bonds. The Hall–Kier alpha value is -2.47. The van der Waals surface area contributed by atoms with Crippen LogP contribution in [0.3, 0.4) is 0 Å². The van der Waals surface area contributed by atoms with Crippen LogP contribution in [0.15, 0.2) is 48.5 Å². The molecule has 0 radical (unpaired) electrons. The van der Waals surface area contributed by atoms with E-state index in [1.54, 1.807) is 18.2 Å². The summed E-state index contributed by atoms with van der Waals surface area (Å²) in [5.74, 6) is 1.74. The first-order valence-electron chi connectivity index (χ1n) is 7.02. The number of hydrogen-bond acceptors (Lipinski definition) is 3. The van der Waals surface area contributed by atoms with Crippen LogP contribution in [-0.4, -0.2) is 6.61 Å². The van der Waals surface area contributed by atoms with E-state index >= 15 is 0 Å². The number of ether oxygens (including phenoxy) is 2. The molecule has 0 unspecified atom stereocenters. The average molecular weight is 281 g/mol. The van der Waals surface area contributed by atoms with Gasteiger partial charge >= 0.3 is 0 Å². The lowest BCUT2D eigenvalue weighted by Gasteiger charge is -2.12. The predicted octanol–water partition coefficient (Wildman–Crippen LogP) is 4.17. The van der Waals surface area contributed by atoms with Gasteiger partial charge in [-0.05, 0) is 23.6 Å². The number of nitriles is 1. The molecule has 0 bridgehead atoms. The van der Waals surface area contributed by atoms with Gasteiger partial charge in [0.05, 0.1) is 12.2 Å². The molecule has 0 aliphatic rings. The van der Waals surface area contributed by atoms with Crippen molar-refractivity contribution in [3.8, 4) is 17.6 Å². The van der Waals surface area contributed by atoms with Crippen LogP contribution in [0.4, 0.5) is 0 Å². The smallest absolute Gasteiger partial charge is 0.141 e. The van der Waals surface area contributed by atoms with Gasteiger partial charge in [-0.2, -0.15) is 5.26 Å². The molecule has 0 spiro atoms. The number of hydrogen-bond donors (Lipinski definition) is 0. The Labute approximate surface area is 125 Å². The van der Waals surface area contributed by atoms with Gasteiger partial charge in [0.15, 0.2) is 0 Å². The molecule has 3 heteroatoms. The predicted molar refractivity (Wildman–Crippen MR) is 82.3 cm³/mol. The molecule has 0 aromatic heterocycles. The maximum absolute atomic E-state index is 9.15. The zero-order valence-corrected chi connectivity index (χ0v) is 12.4. The van der Waals surface area contributed by atoms with Crippen LogP contribution >= 0.6 is 0 Å². The molecule has 0 N–H and O–H groups in total. The Morgan fingerprint density at radius 2 is 1.81 bits per heavy atom. The number of benzene rings is 2. The number of nitrogens with zero attached hydrogens (tertiary/aromatic N) is 1. The molecule has 0 saturated carbocycles. The molecular weight excluding hydrogens is 262 g/mol. The van der Waals surface area contributed by atoms with E-state index < -0.39 is 0 Å². The topological polar surface area (TPSA) is 42.2 Å². The average Bonchev–Trinajstić information content (AvgIpc) is 2.52. The van der Waals surface area contributed by atoms with E-state index in [0.29, 0.717) is 30.4 Å². The van der Waals surface area contributed by atoms with Crippen LogP contribution in [0, 0.1) is 17.2 Å². The van der Waals surface area contributed by atoms with Crippen molar-refractivity contribution in [1.29, 1.82) is 5.26 Å². The first-order valence-corrected chi connectivity index (χ1v) is 7.02. The summed E-state index contributed by atoms with van der Waals surface area (Å²) in [6.07, 6.45) is 0. The van der Waals surface area contributed by atoms with E-state index in [1.165, 1.54) is 0 Å². The van der Waals surface area contributed by atoms with Crippen molar-refractivity contribution in [1.82, 2.24) is 0 Å². The van der Waals surface area contributed by atoms with Crippen molar-refractivity contribution >= 4 is 0 Å². The van der Waals surface area contributed by atoms with Crippen LogP contribution in [0.25, 0.3) is 0 Å². The van der Waals surface area contributed by atoms with Crippen LogP contribution in [0.5, 0.6) is 11.5 Å². The van der Waals surface area contributed by atoms with Crippen molar-refractivity contribution in [2.24, 2.45) is 5.92 Å². The van der Waals surface area contributed by atoms with Gasteiger partial charge < -0.3 is 9.47 Å². The van der Waals surface area contributed by atoms with E-state index in [9.17, 15) is 0 Å². The van der Waals surface area contributed by atoms with Gasteiger partial charge in [-0.1, -0.05) is 44.2 Å². The minimum Gasteiger partial charge on any atom is -0.493 e. The highest BCUT2D eigenvalue weighted by atomic mass is 16.5. The quantitative estimate of drug-likeness (QED) is 0.798. The summed E-state index contributed by atoms with van der Waals surface area (Å²) in [5, 5.41) is 9.15. The summed E-state index contributed by atoms with van der Waals surface area (Å²) in [5.41, 5.74) is 1.58. The second-order valence-electron chi connectivity index (χ2n) is 5.25. The minimum absolute atomic E-state index is 0.434. The fourth-order valence-corrected chi connectivity index (χ4v) is 1.80. The van der Waals surface area contributed by atoms with Crippen LogP contribution < -0.4 is 9.47 Å². The molecule has 0 fully saturated rings. The lowest BCUT2D eigenvalue weighted by Crippen LogP contribution is -2.05. The second kappa shape index (κ2) is 7.35. The van der Waals surface area contributed by atoms with Gasteiger partial charge in [0.1, 0.15) is 24.2 Å². The molecule has 2 aromatic rings. The molecule has 0 atom stereocenters. The highest BCUT2D eigenvalue weighted by Crippen LogP contribution is 2.25. The highest BCUT2D eigenvalue weighted by molar-refractivity contribution is 5.47. The zero-order valence-electron chi connectivity index (χ0n) is 12.4. The van der Waals surface area contributed by atoms with Crippen molar-refractivity contribution in [2.75, 3.05) is 6.61 Å². The van der Waals surface area contributed by atoms with Crippen molar-refractivity contribution in [3.05, 3.63) is 59.7 Å². The highest BCUT2D eigenvalue weighted by Gasteiger charge is 2.07. The maximum atomic E-state index is 9.15. The summed E-state index contributed by atoms with van der Waals surface area (Å²) in [4.78, 5) is 0. The minimum atomic E-state index is 0.434. The van der Waals surface area contributed by atoms with E-state index in [0.717, 1.165) is 11.3 Å². The summed E-state index contributed by atoms with van der Waals surface area (Å²) >= 11 is 0. The standard InChI is InChI=1S/C18H19NO2/c1-14(2)12-20-17-9-8-16(11-19)18(10-17)21-13-15-6-4-3-5-7-15/h3-10,14H,12-13H2,1-2H3. The second-order valence-corrected chi connectivity index (χ2v) is 5.25. The summed E-state index contributed by atoms with van der Waals surface area (Å²) in [6.45, 7) is 5.26. The third-order valence-corrected chi connectivity index (χ3v) is 2.89. The Morgan fingerprint density at radius 3 is 2.48 bits per heavy atom. The lowest BCUT2D eigenvalue weighted by atomic mass is 10.2. The van der Waals surface area contributed by atoms with Crippen LogP contribution in [0.1, 0.15) is 25.0 Å². The molecular formula is C18H19NO2. The Kier molecular flexibility index (Phi) is 5.22. The molecule has 108 valence electrons. The van der Waals surface area contributed by atoms with E-state index in [4.69, 9.17) is 14.7 Å². The third-order valence-electron chi connectivity index (χ3n) is 2.89. The molecule has 0 heterocycles. The molecule has 0 saturated heterocycles. The largest absolute Gasteiger partial charge is 0.493 e. The van der Waals surface area contributed by atoms with E-state index in [-0.39, 0.29) is 0 Å². The van der Waals surface area contributed by atoms with Gasteiger partial charge in [-0.25, -0.2) is 0 Å².